The van der Waals surface area contributed by atoms with Crippen molar-refractivity contribution >= 4 is 23.6 Å². The number of carbonyl (C=O) groups excluding carboxylic acids is 2. The molecule has 2 aromatic carbocycles. The molecule has 0 spiro atoms. The van der Waals surface area contributed by atoms with E-state index in [1.165, 1.54) is 27.2 Å². The molecule has 0 saturated carbocycles. The first-order chi connectivity index (χ1) is 12.9. The van der Waals surface area contributed by atoms with Crippen LogP contribution in [0.1, 0.15) is 18.1 Å². The van der Waals surface area contributed by atoms with E-state index >= 15 is 0 Å². The number of hydrogen-bond donors (Lipinski definition) is 1. The van der Waals surface area contributed by atoms with Crippen molar-refractivity contribution < 1.29 is 23.8 Å². The van der Waals surface area contributed by atoms with Crippen molar-refractivity contribution in [1.29, 1.82) is 0 Å². The fourth-order valence-electron chi connectivity index (χ4n) is 2.35. The number of hydrogen-bond acceptors (Lipinski definition) is 5. The summed E-state index contributed by atoms with van der Waals surface area (Å²) >= 11 is 0. The van der Waals surface area contributed by atoms with E-state index in [0.717, 1.165) is 5.56 Å². The zero-order valence-corrected chi connectivity index (χ0v) is 15.8. The summed E-state index contributed by atoms with van der Waals surface area (Å²) in [4.78, 5) is 24.2. The summed E-state index contributed by atoms with van der Waals surface area (Å²) in [7, 11) is 3.05. The van der Waals surface area contributed by atoms with Crippen molar-refractivity contribution in [2.75, 3.05) is 19.5 Å². The Morgan fingerprint density at radius 3 is 2.37 bits per heavy atom. The molecule has 0 aliphatic rings. The summed E-state index contributed by atoms with van der Waals surface area (Å²) < 4.78 is 15.7. The average Bonchev–Trinajstić information content (AvgIpc) is 2.67. The molecule has 2 aromatic rings. The number of methoxy groups -OCH3 is 2. The Balaban J connectivity index is 1.97. The van der Waals surface area contributed by atoms with Crippen molar-refractivity contribution in [2.24, 2.45) is 0 Å². The first-order valence-electron chi connectivity index (χ1n) is 8.41. The first-order valence-corrected chi connectivity index (χ1v) is 8.41. The highest BCUT2D eigenvalue weighted by Crippen LogP contribution is 2.31. The van der Waals surface area contributed by atoms with E-state index in [0.29, 0.717) is 22.7 Å². The van der Waals surface area contributed by atoms with Crippen LogP contribution in [0.15, 0.2) is 48.5 Å². The van der Waals surface area contributed by atoms with Crippen LogP contribution in [-0.2, 0) is 14.3 Å². The molecule has 0 aliphatic carbocycles. The topological polar surface area (TPSA) is 73.9 Å². The molecule has 0 aromatic heterocycles. The second kappa shape index (κ2) is 9.43. The van der Waals surface area contributed by atoms with Crippen LogP contribution in [0.5, 0.6) is 11.5 Å². The predicted octanol–water partition coefficient (Wildman–Crippen LogP) is 3.60. The number of amides is 1. The number of aryl methyl sites for hydroxylation is 1. The molecule has 1 atom stereocenters. The van der Waals surface area contributed by atoms with E-state index in [4.69, 9.17) is 14.2 Å². The number of carbonyl (C=O) groups is 2. The first kappa shape index (κ1) is 20.0. The van der Waals surface area contributed by atoms with Gasteiger partial charge in [0.2, 0.25) is 0 Å². The van der Waals surface area contributed by atoms with Gasteiger partial charge in [-0.2, -0.15) is 0 Å². The molecule has 0 fully saturated rings. The maximum Gasteiger partial charge on any atom is 0.331 e. The van der Waals surface area contributed by atoms with Crippen molar-refractivity contribution in [2.45, 2.75) is 20.0 Å². The van der Waals surface area contributed by atoms with Gasteiger partial charge in [0.1, 0.15) is 0 Å². The van der Waals surface area contributed by atoms with Crippen LogP contribution in [0.25, 0.3) is 6.08 Å². The summed E-state index contributed by atoms with van der Waals surface area (Å²) in [6.07, 6.45) is 1.86. The minimum atomic E-state index is -0.935. The monoisotopic (exact) mass is 369 g/mol. The fraction of sp³-hybridized carbons (Fsp3) is 0.238. The molecule has 0 radical (unpaired) electrons. The van der Waals surface area contributed by atoms with Gasteiger partial charge < -0.3 is 19.5 Å². The molecule has 142 valence electrons. The molecular formula is C21H23NO5. The lowest BCUT2D eigenvalue weighted by Gasteiger charge is -2.13. The third-order valence-electron chi connectivity index (χ3n) is 3.81. The number of benzene rings is 2. The lowest BCUT2D eigenvalue weighted by atomic mass is 10.1. The predicted molar refractivity (Wildman–Crippen MR) is 104 cm³/mol. The van der Waals surface area contributed by atoms with Gasteiger partial charge in [-0.25, -0.2) is 4.79 Å². The van der Waals surface area contributed by atoms with Crippen LogP contribution >= 0.6 is 0 Å². The molecule has 6 nitrogen and oxygen atoms in total. The lowest BCUT2D eigenvalue weighted by Crippen LogP contribution is -2.29. The van der Waals surface area contributed by atoms with Crippen LogP contribution in [0.2, 0.25) is 0 Å². The second-order valence-corrected chi connectivity index (χ2v) is 5.85. The summed E-state index contributed by atoms with van der Waals surface area (Å²) in [6, 6.07) is 12.7. The van der Waals surface area contributed by atoms with Gasteiger partial charge in [-0.05, 0) is 38.1 Å². The highest BCUT2D eigenvalue weighted by atomic mass is 16.5. The Morgan fingerprint density at radius 2 is 1.74 bits per heavy atom. The summed E-state index contributed by atoms with van der Waals surface area (Å²) in [5.74, 6) is 0.0269. The molecule has 0 aliphatic heterocycles. The van der Waals surface area contributed by atoms with Gasteiger partial charge in [-0.3, -0.25) is 4.79 Å². The Morgan fingerprint density at radius 1 is 1.04 bits per heavy atom. The van der Waals surface area contributed by atoms with Gasteiger partial charge in [0.25, 0.3) is 5.91 Å². The van der Waals surface area contributed by atoms with Crippen molar-refractivity contribution in [3.8, 4) is 11.5 Å². The van der Waals surface area contributed by atoms with Crippen LogP contribution in [-0.4, -0.2) is 32.2 Å². The number of rotatable bonds is 7. The van der Waals surface area contributed by atoms with Gasteiger partial charge in [-0.1, -0.05) is 29.8 Å². The zero-order chi connectivity index (χ0) is 19.8. The quantitative estimate of drug-likeness (QED) is 0.596. The Kier molecular flexibility index (Phi) is 7.00. The van der Waals surface area contributed by atoms with Gasteiger partial charge in [-0.15, -0.1) is 0 Å². The molecule has 2 rings (SSSR count). The molecule has 0 heterocycles. The summed E-state index contributed by atoms with van der Waals surface area (Å²) in [6.45, 7) is 3.47. The number of ether oxygens (including phenoxy) is 3. The van der Waals surface area contributed by atoms with E-state index in [9.17, 15) is 9.59 Å². The molecular weight excluding hydrogens is 346 g/mol. The van der Waals surface area contributed by atoms with Gasteiger partial charge >= 0.3 is 5.97 Å². The standard InChI is InChI=1S/C21H23NO5/c1-14-8-11-17(12-9-14)22-21(24)15(2)27-19(23)13-10-16-6-5-7-18(25-3)20(16)26-4/h5-13,15H,1-4H3,(H,22,24)/b13-10+/t15-/m1/s1. The normalized spacial score (nSPS) is 11.7. The van der Waals surface area contributed by atoms with Gasteiger partial charge in [0, 0.05) is 17.3 Å². The highest BCUT2D eigenvalue weighted by Gasteiger charge is 2.17. The smallest absolute Gasteiger partial charge is 0.331 e. The highest BCUT2D eigenvalue weighted by molar-refractivity contribution is 5.96. The van der Waals surface area contributed by atoms with E-state index < -0.39 is 18.0 Å². The minimum Gasteiger partial charge on any atom is -0.493 e. The molecule has 0 bridgehead atoms. The Labute approximate surface area is 158 Å². The molecule has 1 N–H and O–H groups in total. The van der Waals surface area contributed by atoms with E-state index in [-0.39, 0.29) is 0 Å². The Bertz CT molecular complexity index is 827. The van der Waals surface area contributed by atoms with Gasteiger partial charge in [0.15, 0.2) is 17.6 Å². The third-order valence-corrected chi connectivity index (χ3v) is 3.81. The zero-order valence-electron chi connectivity index (χ0n) is 15.8. The van der Waals surface area contributed by atoms with Crippen LogP contribution < -0.4 is 14.8 Å². The largest absolute Gasteiger partial charge is 0.493 e. The van der Waals surface area contributed by atoms with Crippen LogP contribution in [0.4, 0.5) is 5.69 Å². The fourth-order valence-corrected chi connectivity index (χ4v) is 2.35. The van der Waals surface area contributed by atoms with Crippen molar-refractivity contribution in [3.63, 3.8) is 0 Å². The number of anilines is 1. The lowest BCUT2D eigenvalue weighted by molar-refractivity contribution is -0.148. The molecule has 6 heteroatoms. The van der Waals surface area contributed by atoms with Crippen molar-refractivity contribution in [1.82, 2.24) is 0 Å². The van der Waals surface area contributed by atoms with Crippen LogP contribution in [0.3, 0.4) is 0 Å². The van der Waals surface area contributed by atoms with Gasteiger partial charge in [0.05, 0.1) is 14.2 Å². The number of para-hydroxylation sites is 1. The molecule has 27 heavy (non-hydrogen) atoms. The minimum absolute atomic E-state index is 0.403. The second-order valence-electron chi connectivity index (χ2n) is 5.85. The maximum atomic E-state index is 12.1. The maximum absolute atomic E-state index is 12.1. The van der Waals surface area contributed by atoms with Crippen molar-refractivity contribution in [3.05, 3.63) is 59.7 Å². The van der Waals surface area contributed by atoms with E-state index in [2.05, 4.69) is 5.32 Å². The molecule has 1 amide bonds. The molecule has 0 unspecified atom stereocenters. The third kappa shape index (κ3) is 5.60. The number of nitrogens with one attached hydrogen (secondary N) is 1. The SMILES string of the molecule is COc1cccc(/C=C/C(=O)O[C@H](C)C(=O)Nc2ccc(C)cc2)c1OC. The molecule has 0 saturated heterocycles. The van der Waals surface area contributed by atoms with E-state index in [1.54, 1.807) is 36.4 Å². The number of esters is 1. The van der Waals surface area contributed by atoms with Crippen LogP contribution in [0, 0.1) is 6.92 Å². The Hall–Kier alpha value is -3.28. The average molecular weight is 369 g/mol. The van der Waals surface area contributed by atoms with E-state index in [1.807, 2.05) is 19.1 Å². The summed E-state index contributed by atoms with van der Waals surface area (Å²) in [5, 5.41) is 2.70. The summed E-state index contributed by atoms with van der Waals surface area (Å²) in [5.41, 5.74) is 2.39.